The van der Waals surface area contributed by atoms with Gasteiger partial charge in [0, 0.05) is 5.69 Å². The molecule has 0 unspecified atom stereocenters. The number of nitrogens with zero attached hydrogens (tertiary/aromatic N) is 1. The molecule has 0 saturated heterocycles. The number of H-pyrrole nitrogens is 1. The van der Waals surface area contributed by atoms with Gasteiger partial charge in [0.1, 0.15) is 0 Å². The van der Waals surface area contributed by atoms with Crippen LogP contribution in [0.5, 0.6) is 0 Å². The van der Waals surface area contributed by atoms with Crippen molar-refractivity contribution in [3.05, 3.63) is 57.9 Å². The largest absolute Gasteiger partial charge is 0.330 e. The molecule has 0 saturated carbocycles. The normalized spacial score (nSPS) is 11.1. The number of aromatic nitrogens is 2. The molecule has 1 heterocycles. The molecular weight excluding hydrogens is 252 g/mol. The van der Waals surface area contributed by atoms with Crippen LogP contribution in [-0.4, -0.2) is 9.55 Å². The first-order chi connectivity index (χ1) is 9.06. The molecule has 0 aliphatic carbocycles. The Morgan fingerprint density at radius 2 is 1.68 bits per heavy atom. The van der Waals surface area contributed by atoms with Crippen LogP contribution in [0, 0.1) is 25.5 Å². The smallest absolute Gasteiger partial charge is 0.182 e. The predicted octanol–water partition coefficient (Wildman–Crippen LogP) is 4.61. The van der Waals surface area contributed by atoms with E-state index in [4.69, 9.17) is 12.2 Å². The van der Waals surface area contributed by atoms with Gasteiger partial charge in [0.15, 0.2) is 4.77 Å². The monoisotopic (exact) mass is 268 g/mol. The lowest BCUT2D eigenvalue weighted by molar-refractivity contribution is 1.05. The molecule has 0 amide bonds. The molecule has 3 aromatic rings. The summed E-state index contributed by atoms with van der Waals surface area (Å²) >= 11 is 5.49. The molecule has 0 spiro atoms. The Labute approximate surface area is 117 Å². The first-order valence-electron chi connectivity index (χ1n) is 6.35. The van der Waals surface area contributed by atoms with Crippen LogP contribution in [0.4, 0.5) is 0 Å². The molecule has 3 rings (SSSR count). The summed E-state index contributed by atoms with van der Waals surface area (Å²) in [7, 11) is 0. The standard InChI is InChI=1S/C16H16N2S/c1-10-7-11(2)9-13(8-10)18-15-12(3)5-4-6-14(15)17-16(18)19/h4-9H,1-3H3,(H,17,19). The van der Waals surface area contributed by atoms with E-state index in [1.165, 1.54) is 16.7 Å². The second kappa shape index (κ2) is 4.35. The van der Waals surface area contributed by atoms with Crippen molar-refractivity contribution in [2.45, 2.75) is 20.8 Å². The highest BCUT2D eigenvalue weighted by Crippen LogP contribution is 2.23. The van der Waals surface area contributed by atoms with E-state index in [9.17, 15) is 0 Å². The Morgan fingerprint density at radius 3 is 2.37 bits per heavy atom. The molecule has 0 aliphatic rings. The van der Waals surface area contributed by atoms with Crippen LogP contribution in [0.3, 0.4) is 0 Å². The lowest BCUT2D eigenvalue weighted by Crippen LogP contribution is -1.96. The van der Waals surface area contributed by atoms with Crippen molar-refractivity contribution in [1.29, 1.82) is 0 Å². The molecule has 0 bridgehead atoms. The second-order valence-electron chi connectivity index (χ2n) is 5.08. The van der Waals surface area contributed by atoms with Gasteiger partial charge in [-0.3, -0.25) is 4.57 Å². The molecule has 0 fully saturated rings. The van der Waals surface area contributed by atoms with Crippen LogP contribution in [0.15, 0.2) is 36.4 Å². The maximum absolute atomic E-state index is 5.49. The van der Waals surface area contributed by atoms with Crippen LogP contribution in [-0.2, 0) is 0 Å². The minimum atomic E-state index is 0.745. The van der Waals surface area contributed by atoms with Crippen molar-refractivity contribution in [2.24, 2.45) is 0 Å². The number of aromatic amines is 1. The summed E-state index contributed by atoms with van der Waals surface area (Å²) in [6.07, 6.45) is 0. The number of imidazole rings is 1. The van der Waals surface area contributed by atoms with E-state index in [-0.39, 0.29) is 0 Å². The molecule has 3 heteroatoms. The van der Waals surface area contributed by atoms with Crippen molar-refractivity contribution in [2.75, 3.05) is 0 Å². The Hall–Kier alpha value is -1.87. The summed E-state index contributed by atoms with van der Waals surface area (Å²) in [6.45, 7) is 6.34. The quantitative estimate of drug-likeness (QED) is 0.639. The van der Waals surface area contributed by atoms with E-state index in [1.54, 1.807) is 0 Å². The van der Waals surface area contributed by atoms with E-state index in [1.807, 2.05) is 0 Å². The van der Waals surface area contributed by atoms with Crippen LogP contribution in [0.2, 0.25) is 0 Å². The number of nitrogens with one attached hydrogen (secondary N) is 1. The predicted molar refractivity (Wildman–Crippen MR) is 82.7 cm³/mol. The van der Waals surface area contributed by atoms with E-state index < -0.39 is 0 Å². The van der Waals surface area contributed by atoms with Gasteiger partial charge in [0.05, 0.1) is 11.0 Å². The fraction of sp³-hybridized carbons (Fsp3) is 0.188. The number of benzene rings is 2. The number of rotatable bonds is 1. The van der Waals surface area contributed by atoms with Gasteiger partial charge in [-0.25, -0.2) is 0 Å². The van der Waals surface area contributed by atoms with Gasteiger partial charge in [0.2, 0.25) is 0 Å². The van der Waals surface area contributed by atoms with Gasteiger partial charge >= 0.3 is 0 Å². The Bertz CT molecular complexity index is 804. The molecule has 0 atom stereocenters. The van der Waals surface area contributed by atoms with Crippen LogP contribution in [0.25, 0.3) is 16.7 Å². The average Bonchev–Trinajstić information content (AvgIpc) is 2.65. The molecule has 2 aromatic carbocycles. The van der Waals surface area contributed by atoms with E-state index >= 15 is 0 Å². The van der Waals surface area contributed by atoms with Crippen molar-refractivity contribution in [1.82, 2.24) is 9.55 Å². The number of para-hydroxylation sites is 1. The fourth-order valence-corrected chi connectivity index (χ4v) is 2.96. The molecule has 0 radical (unpaired) electrons. The minimum Gasteiger partial charge on any atom is -0.330 e. The first kappa shape index (κ1) is 12.2. The topological polar surface area (TPSA) is 20.7 Å². The third-order valence-electron chi connectivity index (χ3n) is 3.37. The van der Waals surface area contributed by atoms with E-state index in [0.29, 0.717) is 0 Å². The Morgan fingerprint density at radius 1 is 1.00 bits per heavy atom. The zero-order valence-corrected chi connectivity index (χ0v) is 12.1. The van der Waals surface area contributed by atoms with E-state index in [0.717, 1.165) is 21.5 Å². The average molecular weight is 268 g/mol. The fourth-order valence-electron chi connectivity index (χ4n) is 2.66. The molecule has 1 N–H and O–H groups in total. The van der Waals surface area contributed by atoms with Gasteiger partial charge in [-0.05, 0) is 67.9 Å². The summed E-state index contributed by atoms with van der Waals surface area (Å²) in [4.78, 5) is 3.28. The number of fused-ring (bicyclic) bond motifs is 1. The number of hydrogen-bond acceptors (Lipinski definition) is 1. The molecule has 1 aromatic heterocycles. The molecule has 2 nitrogen and oxygen atoms in total. The third kappa shape index (κ3) is 2.00. The Balaban J connectivity index is 2.42. The maximum Gasteiger partial charge on any atom is 0.182 e. The van der Waals surface area contributed by atoms with Gasteiger partial charge in [-0.15, -0.1) is 0 Å². The minimum absolute atomic E-state index is 0.745. The van der Waals surface area contributed by atoms with Crippen LogP contribution < -0.4 is 0 Å². The van der Waals surface area contributed by atoms with Gasteiger partial charge in [0.25, 0.3) is 0 Å². The highest BCUT2D eigenvalue weighted by atomic mass is 32.1. The lowest BCUT2D eigenvalue weighted by Gasteiger charge is -2.09. The maximum atomic E-state index is 5.49. The summed E-state index contributed by atoms with van der Waals surface area (Å²) < 4.78 is 2.87. The third-order valence-corrected chi connectivity index (χ3v) is 3.66. The lowest BCUT2D eigenvalue weighted by atomic mass is 10.1. The van der Waals surface area contributed by atoms with Gasteiger partial charge in [-0.1, -0.05) is 18.2 Å². The molecular formula is C16H16N2S. The van der Waals surface area contributed by atoms with Crippen molar-refractivity contribution in [3.8, 4) is 5.69 Å². The van der Waals surface area contributed by atoms with Crippen LogP contribution in [0.1, 0.15) is 16.7 Å². The van der Waals surface area contributed by atoms with Crippen LogP contribution >= 0.6 is 12.2 Å². The summed E-state index contributed by atoms with van der Waals surface area (Å²) in [6, 6.07) is 12.7. The number of aryl methyl sites for hydroxylation is 3. The number of hydrogen-bond donors (Lipinski definition) is 1. The SMILES string of the molecule is Cc1cc(C)cc(-n2c(=S)[nH]c3cccc(C)c32)c1. The van der Waals surface area contributed by atoms with Gasteiger partial charge in [-0.2, -0.15) is 0 Å². The second-order valence-corrected chi connectivity index (χ2v) is 5.47. The van der Waals surface area contributed by atoms with Crippen molar-refractivity contribution in [3.63, 3.8) is 0 Å². The summed E-state index contributed by atoms with van der Waals surface area (Å²) in [5, 5.41) is 0. The summed E-state index contributed by atoms with van der Waals surface area (Å²) in [5.74, 6) is 0. The van der Waals surface area contributed by atoms with Gasteiger partial charge < -0.3 is 4.98 Å². The molecule has 96 valence electrons. The molecule has 0 aliphatic heterocycles. The zero-order valence-electron chi connectivity index (χ0n) is 11.3. The highest BCUT2D eigenvalue weighted by Gasteiger charge is 2.09. The molecule has 19 heavy (non-hydrogen) atoms. The van der Waals surface area contributed by atoms with E-state index in [2.05, 4.69) is 66.7 Å². The summed E-state index contributed by atoms with van der Waals surface area (Å²) in [5.41, 5.74) is 7.10. The zero-order chi connectivity index (χ0) is 13.6. The Kier molecular flexibility index (Phi) is 2.79. The first-order valence-corrected chi connectivity index (χ1v) is 6.76. The highest BCUT2D eigenvalue weighted by molar-refractivity contribution is 7.71. The van der Waals surface area contributed by atoms with Crippen molar-refractivity contribution >= 4 is 23.3 Å². The van der Waals surface area contributed by atoms with Crippen molar-refractivity contribution < 1.29 is 0 Å².